The number of alkyl halides is 3. The molecule has 1 N–H and O–H groups in total. The van der Waals surface area contributed by atoms with Gasteiger partial charge in [-0.1, -0.05) is 17.7 Å². The maximum Gasteiger partial charge on any atom is 0.416 e. The van der Waals surface area contributed by atoms with Crippen molar-refractivity contribution in [3.05, 3.63) is 53.7 Å². The molecule has 1 unspecified atom stereocenters. The zero-order valence-corrected chi connectivity index (χ0v) is 14.1. The van der Waals surface area contributed by atoms with Gasteiger partial charge in [0, 0.05) is 30.9 Å². The Kier molecular flexibility index (Phi) is 5.01. The highest BCUT2D eigenvalue weighted by atomic mass is 19.4. The molecule has 0 aliphatic carbocycles. The molecule has 1 aliphatic heterocycles. The fraction of sp³-hybridized carbons (Fsp3) is 0.333. The quantitative estimate of drug-likeness (QED) is 0.891. The Labute approximate surface area is 148 Å². The zero-order valence-electron chi connectivity index (χ0n) is 14.1. The molecule has 138 valence electrons. The molecule has 1 aromatic carbocycles. The minimum absolute atomic E-state index is 0.0920. The Morgan fingerprint density at radius 1 is 1.27 bits per heavy atom. The van der Waals surface area contributed by atoms with Gasteiger partial charge in [0.05, 0.1) is 12.1 Å². The lowest BCUT2D eigenvalue weighted by Gasteiger charge is -2.18. The van der Waals surface area contributed by atoms with Crippen LogP contribution in [0, 0.1) is 6.92 Å². The largest absolute Gasteiger partial charge is 0.472 e. The normalized spacial score (nSPS) is 17.2. The number of pyridine rings is 1. The number of nitrogens with zero attached hydrogens (tertiary/aromatic N) is 2. The Morgan fingerprint density at radius 3 is 2.69 bits per heavy atom. The molecular weight excluding hydrogens is 347 g/mol. The summed E-state index contributed by atoms with van der Waals surface area (Å²) in [6.07, 6.45) is -3.25. The molecule has 0 radical (unpaired) electrons. The summed E-state index contributed by atoms with van der Waals surface area (Å²) in [5.41, 5.74) is 0.963. The van der Waals surface area contributed by atoms with Gasteiger partial charge in [0.2, 0.25) is 5.88 Å². The first-order chi connectivity index (χ1) is 12.3. The average Bonchev–Trinajstić information content (AvgIpc) is 3.05. The van der Waals surface area contributed by atoms with E-state index in [1.165, 1.54) is 0 Å². The molecule has 5 nitrogen and oxygen atoms in total. The van der Waals surface area contributed by atoms with Gasteiger partial charge in [0.1, 0.15) is 6.10 Å². The Morgan fingerprint density at radius 2 is 2.00 bits per heavy atom. The summed E-state index contributed by atoms with van der Waals surface area (Å²) >= 11 is 0. The maximum atomic E-state index is 12.7. The second-order valence-electron chi connectivity index (χ2n) is 6.15. The molecule has 1 aliphatic rings. The van der Waals surface area contributed by atoms with E-state index in [0.29, 0.717) is 18.7 Å². The lowest BCUT2D eigenvalue weighted by Crippen LogP contribution is -2.34. The van der Waals surface area contributed by atoms with Crippen molar-refractivity contribution >= 4 is 11.7 Å². The van der Waals surface area contributed by atoms with Crippen molar-refractivity contribution in [2.24, 2.45) is 0 Å². The van der Waals surface area contributed by atoms with Gasteiger partial charge in [0.15, 0.2) is 0 Å². The number of ether oxygens (including phenoxy) is 1. The summed E-state index contributed by atoms with van der Waals surface area (Å²) < 4.78 is 43.7. The zero-order chi connectivity index (χ0) is 18.7. The standard InChI is InChI=1S/C18H18F3N3O2/c1-12-2-4-14(5-3-12)23-17(25)24-9-7-15(11-24)26-16-10-13(6-8-22-16)18(19,20)21/h2-6,8,10,15H,7,9,11H2,1H3,(H,23,25). The third-order valence-electron chi connectivity index (χ3n) is 4.08. The van der Waals surface area contributed by atoms with Crippen LogP contribution in [-0.4, -0.2) is 35.1 Å². The third kappa shape index (κ3) is 4.44. The Bertz CT molecular complexity index is 778. The summed E-state index contributed by atoms with van der Waals surface area (Å²) in [6.45, 7) is 2.70. The number of urea groups is 1. The lowest BCUT2D eigenvalue weighted by atomic mass is 10.2. The van der Waals surface area contributed by atoms with Crippen molar-refractivity contribution in [1.82, 2.24) is 9.88 Å². The first-order valence-corrected chi connectivity index (χ1v) is 8.14. The monoisotopic (exact) mass is 365 g/mol. The van der Waals surface area contributed by atoms with E-state index in [0.717, 1.165) is 23.9 Å². The molecule has 1 atom stereocenters. The predicted octanol–water partition coefficient (Wildman–Crippen LogP) is 4.09. The molecule has 2 aromatic rings. The van der Waals surface area contributed by atoms with Crippen LogP contribution in [0.4, 0.5) is 23.7 Å². The number of hydrogen-bond acceptors (Lipinski definition) is 3. The molecular formula is C18H18F3N3O2. The van der Waals surface area contributed by atoms with Crippen LogP contribution in [0.1, 0.15) is 17.5 Å². The number of carbonyl (C=O) groups excluding carboxylic acids is 1. The van der Waals surface area contributed by atoms with Crippen molar-refractivity contribution in [1.29, 1.82) is 0 Å². The highest BCUT2D eigenvalue weighted by Gasteiger charge is 2.32. The molecule has 26 heavy (non-hydrogen) atoms. The van der Waals surface area contributed by atoms with E-state index in [-0.39, 0.29) is 18.5 Å². The van der Waals surface area contributed by atoms with Crippen LogP contribution in [0.2, 0.25) is 0 Å². The third-order valence-corrected chi connectivity index (χ3v) is 4.08. The van der Waals surface area contributed by atoms with Gasteiger partial charge >= 0.3 is 12.2 Å². The average molecular weight is 365 g/mol. The molecule has 8 heteroatoms. The van der Waals surface area contributed by atoms with Crippen LogP contribution in [0.5, 0.6) is 5.88 Å². The Hall–Kier alpha value is -2.77. The van der Waals surface area contributed by atoms with Crippen LogP contribution < -0.4 is 10.1 Å². The summed E-state index contributed by atoms with van der Waals surface area (Å²) in [4.78, 5) is 17.7. The van der Waals surface area contributed by atoms with Crippen LogP contribution in [0.3, 0.4) is 0 Å². The van der Waals surface area contributed by atoms with Crippen LogP contribution >= 0.6 is 0 Å². The van der Waals surface area contributed by atoms with Gasteiger partial charge in [-0.2, -0.15) is 13.2 Å². The number of likely N-dealkylation sites (tertiary alicyclic amines) is 1. The molecule has 1 aromatic heterocycles. The summed E-state index contributed by atoms with van der Waals surface area (Å²) in [5, 5.41) is 2.79. The smallest absolute Gasteiger partial charge is 0.416 e. The molecule has 1 saturated heterocycles. The first kappa shape index (κ1) is 18.0. The minimum Gasteiger partial charge on any atom is -0.472 e. The van der Waals surface area contributed by atoms with Gasteiger partial charge in [-0.05, 0) is 25.1 Å². The molecule has 0 bridgehead atoms. The number of amides is 2. The van der Waals surface area contributed by atoms with Crippen molar-refractivity contribution < 1.29 is 22.7 Å². The molecule has 2 amide bonds. The van der Waals surface area contributed by atoms with Crippen LogP contribution in [0.25, 0.3) is 0 Å². The van der Waals surface area contributed by atoms with Gasteiger partial charge in [-0.25, -0.2) is 9.78 Å². The molecule has 2 heterocycles. The summed E-state index contributed by atoms with van der Waals surface area (Å²) in [5.74, 6) is -0.0920. The van der Waals surface area contributed by atoms with E-state index in [1.54, 1.807) is 4.90 Å². The Balaban J connectivity index is 1.57. The number of aromatic nitrogens is 1. The first-order valence-electron chi connectivity index (χ1n) is 8.14. The number of hydrogen-bond donors (Lipinski definition) is 1. The minimum atomic E-state index is -4.45. The summed E-state index contributed by atoms with van der Waals surface area (Å²) in [6, 6.07) is 8.90. The van der Waals surface area contributed by atoms with E-state index in [4.69, 9.17) is 4.74 Å². The number of carbonyl (C=O) groups is 1. The van der Waals surface area contributed by atoms with E-state index in [9.17, 15) is 18.0 Å². The maximum absolute atomic E-state index is 12.7. The number of anilines is 1. The van der Waals surface area contributed by atoms with Crippen molar-refractivity contribution in [2.75, 3.05) is 18.4 Å². The van der Waals surface area contributed by atoms with Crippen LogP contribution in [0.15, 0.2) is 42.6 Å². The fourth-order valence-electron chi connectivity index (χ4n) is 2.67. The van der Waals surface area contributed by atoms with E-state index in [2.05, 4.69) is 10.3 Å². The van der Waals surface area contributed by atoms with E-state index >= 15 is 0 Å². The number of halogens is 3. The van der Waals surface area contributed by atoms with Gasteiger partial charge in [-0.15, -0.1) is 0 Å². The highest BCUT2D eigenvalue weighted by molar-refractivity contribution is 5.89. The summed E-state index contributed by atoms with van der Waals surface area (Å²) in [7, 11) is 0. The number of aryl methyl sites for hydroxylation is 1. The van der Waals surface area contributed by atoms with Gasteiger partial charge in [-0.3, -0.25) is 0 Å². The van der Waals surface area contributed by atoms with Gasteiger partial charge < -0.3 is 15.0 Å². The predicted molar refractivity (Wildman–Crippen MR) is 90.0 cm³/mol. The lowest BCUT2D eigenvalue weighted by molar-refractivity contribution is -0.137. The molecule has 0 spiro atoms. The van der Waals surface area contributed by atoms with E-state index < -0.39 is 17.8 Å². The number of nitrogens with one attached hydrogen (secondary N) is 1. The SMILES string of the molecule is Cc1ccc(NC(=O)N2CCC(Oc3cc(C(F)(F)F)ccn3)C2)cc1. The van der Waals surface area contributed by atoms with Crippen molar-refractivity contribution in [2.45, 2.75) is 25.6 Å². The number of rotatable bonds is 3. The topological polar surface area (TPSA) is 54.5 Å². The van der Waals surface area contributed by atoms with E-state index in [1.807, 2.05) is 31.2 Å². The second-order valence-corrected chi connectivity index (χ2v) is 6.15. The van der Waals surface area contributed by atoms with Crippen molar-refractivity contribution in [3.63, 3.8) is 0 Å². The molecule has 3 rings (SSSR count). The molecule has 0 saturated carbocycles. The van der Waals surface area contributed by atoms with Crippen LogP contribution in [-0.2, 0) is 6.18 Å². The van der Waals surface area contributed by atoms with Gasteiger partial charge in [0.25, 0.3) is 0 Å². The van der Waals surface area contributed by atoms with Crippen molar-refractivity contribution in [3.8, 4) is 5.88 Å². The second kappa shape index (κ2) is 7.23. The highest BCUT2D eigenvalue weighted by Crippen LogP contribution is 2.31. The fourth-order valence-corrected chi connectivity index (χ4v) is 2.67. The number of benzene rings is 1. The molecule has 1 fully saturated rings.